The Hall–Kier alpha value is -1.87. The van der Waals surface area contributed by atoms with Gasteiger partial charge in [-0.3, -0.25) is 4.90 Å². The fraction of sp³-hybridized carbons (Fsp3) is 0.577. The average Bonchev–Trinajstić information content (AvgIpc) is 3.13. The van der Waals surface area contributed by atoms with Crippen molar-refractivity contribution in [3.8, 4) is 0 Å². The molecular weight excluding hydrogens is 494 g/mol. The van der Waals surface area contributed by atoms with E-state index in [1.54, 1.807) is 6.33 Å². The predicted octanol–water partition coefficient (Wildman–Crippen LogP) is 3.85. The van der Waals surface area contributed by atoms with Gasteiger partial charge in [0.15, 0.2) is 0 Å². The third-order valence-electron chi connectivity index (χ3n) is 7.03. The molecule has 1 aliphatic carbocycles. The third kappa shape index (κ3) is 5.67. The molecule has 0 radical (unpaired) electrons. The number of aromatic nitrogens is 2. The summed E-state index contributed by atoms with van der Waals surface area (Å²) in [5.41, 5.74) is 2.95. The van der Waals surface area contributed by atoms with Gasteiger partial charge in [-0.2, -0.15) is 0 Å². The molecular formula is C26H36BrN5O2. The summed E-state index contributed by atoms with van der Waals surface area (Å²) in [5, 5.41) is 14.1. The molecule has 1 aromatic heterocycles. The number of aliphatic hydroxyl groups excluding tert-OH is 1. The lowest BCUT2D eigenvalue weighted by Gasteiger charge is -2.41. The van der Waals surface area contributed by atoms with Crippen LogP contribution in [0.2, 0.25) is 0 Å². The fourth-order valence-electron chi connectivity index (χ4n) is 5.15. The van der Waals surface area contributed by atoms with Crippen LogP contribution in [-0.4, -0.2) is 65.2 Å². The van der Waals surface area contributed by atoms with Crippen LogP contribution in [0.15, 0.2) is 35.1 Å². The van der Waals surface area contributed by atoms with E-state index in [0.717, 1.165) is 72.5 Å². The Morgan fingerprint density at radius 2 is 1.88 bits per heavy atom. The zero-order valence-electron chi connectivity index (χ0n) is 20.3. The second kappa shape index (κ2) is 11.2. The molecule has 4 rings (SSSR count). The molecule has 2 aliphatic rings. The number of halogens is 1. The summed E-state index contributed by atoms with van der Waals surface area (Å²) in [6.07, 6.45) is 3.76. The number of carbonyl (C=O) groups is 1. The van der Waals surface area contributed by atoms with E-state index < -0.39 is 6.10 Å². The number of hydrogen-bond acceptors (Lipinski definition) is 7. The topological polar surface area (TPSA) is 81.6 Å². The van der Waals surface area contributed by atoms with E-state index in [1.165, 1.54) is 0 Å². The lowest BCUT2D eigenvalue weighted by Crippen LogP contribution is -2.56. The van der Waals surface area contributed by atoms with Crippen LogP contribution in [0, 0.1) is 5.92 Å². The number of anilines is 1. The van der Waals surface area contributed by atoms with E-state index in [-0.39, 0.29) is 18.0 Å². The highest BCUT2D eigenvalue weighted by Gasteiger charge is 2.34. The summed E-state index contributed by atoms with van der Waals surface area (Å²) in [6.45, 7) is 11.0. The first kappa shape index (κ1) is 25.2. The Bertz CT molecular complexity index is 962. The quantitative estimate of drug-likeness (QED) is 0.477. The van der Waals surface area contributed by atoms with Gasteiger partial charge in [0.2, 0.25) is 0 Å². The molecule has 7 nitrogen and oxygen atoms in total. The lowest BCUT2D eigenvalue weighted by molar-refractivity contribution is -0.109. The van der Waals surface area contributed by atoms with Gasteiger partial charge < -0.3 is 20.1 Å². The molecule has 0 spiro atoms. The molecule has 2 aromatic rings. The van der Waals surface area contributed by atoms with Gasteiger partial charge in [0.05, 0.1) is 18.0 Å². The van der Waals surface area contributed by atoms with Crippen molar-refractivity contribution in [1.82, 2.24) is 20.2 Å². The number of nitrogens with zero attached hydrogens (tertiary/aromatic N) is 4. The SMILES string of the molecule is CC(C)CNC(CC(C=O)c1ccc(Br)cc1)N1CCN(c2ncnc3c2[C@H](C)C[C@H]3O)CC1. The number of rotatable bonds is 9. The van der Waals surface area contributed by atoms with Crippen molar-refractivity contribution in [3.05, 3.63) is 51.9 Å². The zero-order valence-corrected chi connectivity index (χ0v) is 21.9. The minimum atomic E-state index is -0.489. The van der Waals surface area contributed by atoms with Gasteiger partial charge in [0.1, 0.15) is 18.4 Å². The molecule has 1 aliphatic heterocycles. The molecule has 0 saturated carbocycles. The van der Waals surface area contributed by atoms with Crippen molar-refractivity contribution in [2.24, 2.45) is 5.92 Å². The van der Waals surface area contributed by atoms with Crippen LogP contribution in [0.4, 0.5) is 5.82 Å². The van der Waals surface area contributed by atoms with Crippen LogP contribution in [0.25, 0.3) is 0 Å². The standard InChI is InChI=1S/C26H36BrN5O2/c1-17(2)14-28-23(13-20(15-33)19-4-6-21(27)7-5-19)31-8-10-32(11-9-31)26-24-18(3)12-22(34)25(24)29-16-30-26/h4-7,15-18,20,22-23,28,34H,8-14H2,1-3H3/t18-,20?,22-,23?/m1/s1. The highest BCUT2D eigenvalue weighted by Crippen LogP contribution is 2.42. The van der Waals surface area contributed by atoms with Crippen LogP contribution >= 0.6 is 15.9 Å². The number of carbonyl (C=O) groups excluding carboxylic acids is 1. The largest absolute Gasteiger partial charge is 0.387 e. The Kier molecular flexibility index (Phi) is 8.34. The fourth-order valence-corrected chi connectivity index (χ4v) is 5.42. The highest BCUT2D eigenvalue weighted by molar-refractivity contribution is 9.10. The predicted molar refractivity (Wildman–Crippen MR) is 138 cm³/mol. The van der Waals surface area contributed by atoms with Gasteiger partial charge in [-0.1, -0.05) is 48.8 Å². The maximum atomic E-state index is 12.0. The molecule has 34 heavy (non-hydrogen) atoms. The second-order valence-corrected chi connectivity index (χ2v) is 10.9. The van der Waals surface area contributed by atoms with E-state index in [1.807, 2.05) is 24.3 Å². The van der Waals surface area contributed by atoms with Crippen molar-refractivity contribution in [2.75, 3.05) is 37.6 Å². The minimum Gasteiger partial charge on any atom is -0.387 e. The number of hydrogen-bond donors (Lipinski definition) is 2. The van der Waals surface area contributed by atoms with Crippen LogP contribution in [-0.2, 0) is 4.79 Å². The van der Waals surface area contributed by atoms with Gasteiger partial charge in [0.25, 0.3) is 0 Å². The Morgan fingerprint density at radius 3 is 2.53 bits per heavy atom. The summed E-state index contributed by atoms with van der Waals surface area (Å²) in [4.78, 5) is 25.8. The summed E-state index contributed by atoms with van der Waals surface area (Å²) in [7, 11) is 0. The minimum absolute atomic E-state index is 0.125. The van der Waals surface area contributed by atoms with Gasteiger partial charge in [0, 0.05) is 42.1 Å². The number of benzene rings is 1. The molecule has 1 fully saturated rings. The zero-order chi connectivity index (χ0) is 24.2. The summed E-state index contributed by atoms with van der Waals surface area (Å²) in [6, 6.07) is 8.07. The lowest BCUT2D eigenvalue weighted by atomic mass is 9.95. The number of fused-ring (bicyclic) bond motifs is 1. The van der Waals surface area contributed by atoms with Gasteiger partial charge in [-0.15, -0.1) is 0 Å². The molecule has 2 N–H and O–H groups in total. The number of piperazine rings is 1. The molecule has 1 saturated heterocycles. The number of aliphatic hydroxyl groups is 1. The van der Waals surface area contributed by atoms with Gasteiger partial charge >= 0.3 is 0 Å². The Balaban J connectivity index is 1.46. The van der Waals surface area contributed by atoms with Crippen LogP contribution in [0.1, 0.15) is 68.4 Å². The molecule has 184 valence electrons. The van der Waals surface area contributed by atoms with Crippen molar-refractivity contribution >= 4 is 28.0 Å². The average molecular weight is 531 g/mol. The van der Waals surface area contributed by atoms with E-state index >= 15 is 0 Å². The molecule has 2 heterocycles. The smallest absolute Gasteiger partial charge is 0.135 e. The molecule has 2 unspecified atom stereocenters. The number of aldehydes is 1. The summed E-state index contributed by atoms with van der Waals surface area (Å²) >= 11 is 3.48. The summed E-state index contributed by atoms with van der Waals surface area (Å²) < 4.78 is 1.02. The first-order valence-corrected chi connectivity index (χ1v) is 13.1. The van der Waals surface area contributed by atoms with E-state index in [0.29, 0.717) is 12.3 Å². The van der Waals surface area contributed by atoms with E-state index in [4.69, 9.17) is 0 Å². The molecule has 4 atom stereocenters. The molecule has 0 amide bonds. The second-order valence-electron chi connectivity index (χ2n) is 10.0. The third-order valence-corrected chi connectivity index (χ3v) is 7.56. The van der Waals surface area contributed by atoms with Crippen molar-refractivity contribution in [2.45, 2.75) is 57.7 Å². The first-order valence-electron chi connectivity index (χ1n) is 12.3. The Labute approximate surface area is 211 Å². The van der Waals surface area contributed by atoms with Crippen LogP contribution in [0.3, 0.4) is 0 Å². The normalized spacial score (nSPS) is 22.6. The number of nitrogens with one attached hydrogen (secondary N) is 1. The van der Waals surface area contributed by atoms with Crippen molar-refractivity contribution < 1.29 is 9.90 Å². The van der Waals surface area contributed by atoms with E-state index in [2.05, 4.69) is 61.8 Å². The van der Waals surface area contributed by atoms with Crippen LogP contribution < -0.4 is 10.2 Å². The molecule has 0 bridgehead atoms. The molecule has 8 heteroatoms. The summed E-state index contributed by atoms with van der Waals surface area (Å²) in [5.74, 6) is 1.62. The van der Waals surface area contributed by atoms with Crippen LogP contribution in [0.5, 0.6) is 0 Å². The van der Waals surface area contributed by atoms with Crippen molar-refractivity contribution in [3.63, 3.8) is 0 Å². The van der Waals surface area contributed by atoms with E-state index in [9.17, 15) is 9.90 Å². The monoisotopic (exact) mass is 529 g/mol. The van der Waals surface area contributed by atoms with Gasteiger partial charge in [-0.05, 0) is 48.9 Å². The molecule has 1 aromatic carbocycles. The van der Waals surface area contributed by atoms with Crippen molar-refractivity contribution in [1.29, 1.82) is 0 Å². The maximum absolute atomic E-state index is 12.0. The first-order chi connectivity index (χ1) is 16.4. The maximum Gasteiger partial charge on any atom is 0.135 e. The Morgan fingerprint density at radius 1 is 1.18 bits per heavy atom. The highest BCUT2D eigenvalue weighted by atomic mass is 79.9. The van der Waals surface area contributed by atoms with Gasteiger partial charge in [-0.25, -0.2) is 9.97 Å².